The van der Waals surface area contributed by atoms with Gasteiger partial charge in [0.15, 0.2) is 0 Å². The fraction of sp³-hybridized carbons (Fsp3) is 0.846. The van der Waals surface area contributed by atoms with Gasteiger partial charge in [-0.1, -0.05) is 30.9 Å². The molecule has 1 aliphatic heterocycles. The molecule has 0 bridgehead atoms. The van der Waals surface area contributed by atoms with Crippen LogP contribution in [-0.2, 0) is 4.79 Å². The molecule has 0 aromatic heterocycles. The molecule has 1 amide bonds. The van der Waals surface area contributed by atoms with Crippen molar-refractivity contribution in [3.63, 3.8) is 0 Å². The number of likely N-dealkylation sites (tertiary alicyclic amines) is 1. The van der Waals surface area contributed by atoms with E-state index in [0.717, 1.165) is 23.8 Å². The standard InChI is InChI=1S/C13H24N2OS2/c1-5-13(3,4)14-11(16)10(2)18-12(17)15-8-6-7-9-15/h10H,5-9H2,1-4H3,(H,14,16). The molecular weight excluding hydrogens is 264 g/mol. The van der Waals surface area contributed by atoms with Crippen LogP contribution in [0.1, 0.15) is 47.0 Å². The number of amides is 1. The molecule has 3 nitrogen and oxygen atoms in total. The lowest BCUT2D eigenvalue weighted by atomic mass is 10.0. The molecule has 1 heterocycles. The van der Waals surface area contributed by atoms with Crippen LogP contribution in [0.2, 0.25) is 0 Å². The molecule has 1 fully saturated rings. The number of carbonyl (C=O) groups excluding carboxylic acids is 1. The Balaban J connectivity index is 2.41. The van der Waals surface area contributed by atoms with Gasteiger partial charge in [0.25, 0.3) is 0 Å². The fourth-order valence-corrected chi connectivity index (χ4v) is 3.12. The smallest absolute Gasteiger partial charge is 0.233 e. The Bertz CT molecular complexity index is 312. The molecule has 1 aliphatic rings. The monoisotopic (exact) mass is 288 g/mol. The molecule has 0 aromatic carbocycles. The van der Waals surface area contributed by atoms with E-state index in [2.05, 4.69) is 17.1 Å². The highest BCUT2D eigenvalue weighted by atomic mass is 32.2. The average molecular weight is 288 g/mol. The van der Waals surface area contributed by atoms with Crippen LogP contribution in [0.3, 0.4) is 0 Å². The van der Waals surface area contributed by atoms with Crippen molar-refractivity contribution in [3.05, 3.63) is 0 Å². The lowest BCUT2D eigenvalue weighted by molar-refractivity contribution is -0.121. The molecule has 104 valence electrons. The highest BCUT2D eigenvalue weighted by molar-refractivity contribution is 8.23. The van der Waals surface area contributed by atoms with E-state index in [1.165, 1.54) is 24.6 Å². The van der Waals surface area contributed by atoms with E-state index in [0.29, 0.717) is 0 Å². The zero-order valence-electron chi connectivity index (χ0n) is 11.8. The van der Waals surface area contributed by atoms with Crippen molar-refractivity contribution in [1.82, 2.24) is 10.2 Å². The molecule has 1 saturated heterocycles. The van der Waals surface area contributed by atoms with E-state index in [-0.39, 0.29) is 16.7 Å². The van der Waals surface area contributed by atoms with Crippen molar-refractivity contribution >= 4 is 34.2 Å². The molecular formula is C13H24N2OS2. The first kappa shape index (κ1) is 15.8. The number of rotatable bonds is 4. The summed E-state index contributed by atoms with van der Waals surface area (Å²) < 4.78 is 0.865. The van der Waals surface area contributed by atoms with Crippen LogP contribution in [0.5, 0.6) is 0 Å². The molecule has 0 radical (unpaired) electrons. The van der Waals surface area contributed by atoms with E-state index in [9.17, 15) is 4.79 Å². The lowest BCUT2D eigenvalue weighted by Gasteiger charge is -2.27. The summed E-state index contributed by atoms with van der Waals surface area (Å²) in [5.41, 5.74) is -0.138. The summed E-state index contributed by atoms with van der Waals surface area (Å²) in [5.74, 6) is 0.0772. The second-order valence-electron chi connectivity index (χ2n) is 5.45. The second kappa shape index (κ2) is 6.75. The Labute approximate surface area is 120 Å². The zero-order chi connectivity index (χ0) is 13.8. The van der Waals surface area contributed by atoms with Crippen LogP contribution in [0.25, 0.3) is 0 Å². The minimum absolute atomic E-state index is 0.0772. The summed E-state index contributed by atoms with van der Waals surface area (Å²) in [5, 5.41) is 2.94. The Hall–Kier alpha value is -0.290. The van der Waals surface area contributed by atoms with Gasteiger partial charge < -0.3 is 10.2 Å². The number of hydrogen-bond donors (Lipinski definition) is 1. The van der Waals surface area contributed by atoms with Crippen LogP contribution < -0.4 is 5.32 Å². The van der Waals surface area contributed by atoms with Gasteiger partial charge in [0, 0.05) is 18.6 Å². The summed E-state index contributed by atoms with van der Waals surface area (Å²) in [4.78, 5) is 14.3. The Kier molecular flexibility index (Phi) is 5.92. The van der Waals surface area contributed by atoms with Gasteiger partial charge in [-0.2, -0.15) is 0 Å². The number of nitrogens with zero attached hydrogens (tertiary/aromatic N) is 1. The molecule has 0 saturated carbocycles. The van der Waals surface area contributed by atoms with Gasteiger partial charge in [-0.25, -0.2) is 0 Å². The summed E-state index contributed by atoms with van der Waals surface area (Å²) in [6.45, 7) is 10.2. The van der Waals surface area contributed by atoms with E-state index in [1.807, 2.05) is 20.8 Å². The van der Waals surface area contributed by atoms with Crippen molar-refractivity contribution < 1.29 is 4.79 Å². The Morgan fingerprint density at radius 1 is 1.44 bits per heavy atom. The number of hydrogen-bond acceptors (Lipinski definition) is 3. The number of thioether (sulfide) groups is 1. The minimum Gasteiger partial charge on any atom is -0.358 e. The molecule has 0 spiro atoms. The van der Waals surface area contributed by atoms with Crippen LogP contribution in [0.4, 0.5) is 0 Å². The highest BCUT2D eigenvalue weighted by Crippen LogP contribution is 2.21. The molecule has 1 unspecified atom stereocenters. The van der Waals surface area contributed by atoms with Gasteiger partial charge in [-0.3, -0.25) is 4.79 Å². The molecule has 0 aliphatic carbocycles. The SMILES string of the molecule is CCC(C)(C)NC(=O)C(C)SC(=S)N1CCCC1. The maximum atomic E-state index is 12.1. The zero-order valence-corrected chi connectivity index (χ0v) is 13.4. The summed E-state index contributed by atoms with van der Waals surface area (Å²) >= 11 is 6.89. The fourth-order valence-electron chi connectivity index (χ4n) is 1.70. The van der Waals surface area contributed by atoms with Crippen LogP contribution in [0.15, 0.2) is 0 Å². The third-order valence-corrected chi connectivity index (χ3v) is 4.93. The lowest BCUT2D eigenvalue weighted by Crippen LogP contribution is -2.46. The van der Waals surface area contributed by atoms with Crippen molar-refractivity contribution in [1.29, 1.82) is 0 Å². The predicted octanol–water partition coefficient (Wildman–Crippen LogP) is 2.79. The summed E-state index contributed by atoms with van der Waals surface area (Å²) in [6, 6.07) is 0. The normalized spacial score (nSPS) is 17.7. The van der Waals surface area contributed by atoms with E-state index in [4.69, 9.17) is 12.2 Å². The molecule has 5 heteroatoms. The first-order chi connectivity index (χ1) is 8.35. The van der Waals surface area contributed by atoms with Gasteiger partial charge in [-0.05, 0) is 40.0 Å². The third-order valence-electron chi connectivity index (χ3n) is 3.36. The molecule has 1 rings (SSSR count). The van der Waals surface area contributed by atoms with Gasteiger partial charge in [-0.15, -0.1) is 0 Å². The summed E-state index contributed by atoms with van der Waals surface area (Å²) in [6.07, 6.45) is 3.35. The first-order valence-electron chi connectivity index (χ1n) is 6.63. The van der Waals surface area contributed by atoms with Gasteiger partial charge >= 0.3 is 0 Å². The number of nitrogens with one attached hydrogen (secondary N) is 1. The maximum Gasteiger partial charge on any atom is 0.233 e. The average Bonchev–Trinajstić information content (AvgIpc) is 2.81. The molecule has 0 aromatic rings. The van der Waals surface area contributed by atoms with Crippen LogP contribution in [-0.4, -0.2) is 39.0 Å². The molecule has 1 atom stereocenters. The highest BCUT2D eigenvalue weighted by Gasteiger charge is 2.25. The number of thiocarbonyl (C=S) groups is 1. The van der Waals surface area contributed by atoms with Crippen molar-refractivity contribution in [2.75, 3.05) is 13.1 Å². The van der Waals surface area contributed by atoms with Crippen molar-refractivity contribution in [2.24, 2.45) is 0 Å². The van der Waals surface area contributed by atoms with Crippen molar-refractivity contribution in [3.8, 4) is 0 Å². The second-order valence-corrected chi connectivity index (χ2v) is 7.42. The first-order valence-corrected chi connectivity index (χ1v) is 7.92. The van der Waals surface area contributed by atoms with Crippen molar-refractivity contribution in [2.45, 2.75) is 57.7 Å². The summed E-state index contributed by atoms with van der Waals surface area (Å²) in [7, 11) is 0. The van der Waals surface area contributed by atoms with E-state index >= 15 is 0 Å². The minimum atomic E-state index is -0.138. The third kappa shape index (κ3) is 4.76. The number of carbonyl (C=O) groups is 1. The van der Waals surface area contributed by atoms with E-state index in [1.54, 1.807) is 0 Å². The van der Waals surface area contributed by atoms with Crippen LogP contribution >= 0.6 is 24.0 Å². The van der Waals surface area contributed by atoms with Crippen LogP contribution in [0, 0.1) is 0 Å². The predicted molar refractivity (Wildman–Crippen MR) is 83.0 cm³/mol. The Morgan fingerprint density at radius 2 is 2.00 bits per heavy atom. The van der Waals surface area contributed by atoms with Gasteiger partial charge in [0.05, 0.1) is 5.25 Å². The Morgan fingerprint density at radius 3 is 2.50 bits per heavy atom. The van der Waals surface area contributed by atoms with E-state index < -0.39 is 0 Å². The molecule has 1 N–H and O–H groups in total. The largest absolute Gasteiger partial charge is 0.358 e. The maximum absolute atomic E-state index is 12.1. The molecule has 18 heavy (non-hydrogen) atoms. The topological polar surface area (TPSA) is 32.3 Å². The quantitative estimate of drug-likeness (QED) is 0.806. The van der Waals surface area contributed by atoms with Gasteiger partial charge in [0.2, 0.25) is 5.91 Å². The van der Waals surface area contributed by atoms with Gasteiger partial charge in [0.1, 0.15) is 4.32 Å².